The van der Waals surface area contributed by atoms with Crippen molar-refractivity contribution in [1.82, 2.24) is 0 Å². The molecular formula is C10H7N5O. The highest BCUT2D eigenvalue weighted by Gasteiger charge is 2.04. The zero-order chi connectivity index (χ0) is 12.0. The summed E-state index contributed by atoms with van der Waals surface area (Å²) >= 11 is 0. The Labute approximate surface area is 91.6 Å². The maximum absolute atomic E-state index is 10.6. The maximum atomic E-state index is 10.6. The van der Waals surface area contributed by atoms with Gasteiger partial charge in [-0.05, 0) is 24.3 Å². The van der Waals surface area contributed by atoms with E-state index in [0.29, 0.717) is 11.3 Å². The SMILES string of the molecule is N#C/C(=N/Nc1ccc(C#N)cc1)C(N)=O. The highest BCUT2D eigenvalue weighted by molar-refractivity contribution is 6.44. The highest BCUT2D eigenvalue weighted by atomic mass is 16.1. The number of nitriles is 2. The maximum Gasteiger partial charge on any atom is 0.280 e. The average Bonchev–Trinajstić information content (AvgIpc) is 2.30. The monoisotopic (exact) mass is 213 g/mol. The number of amides is 1. The van der Waals surface area contributed by atoms with Crippen LogP contribution in [0.3, 0.4) is 0 Å². The number of hydrazone groups is 1. The third-order valence-electron chi connectivity index (χ3n) is 1.65. The molecule has 3 N–H and O–H groups in total. The molecule has 0 aromatic heterocycles. The van der Waals surface area contributed by atoms with E-state index in [0.717, 1.165) is 0 Å². The second-order valence-corrected chi connectivity index (χ2v) is 2.74. The van der Waals surface area contributed by atoms with Gasteiger partial charge in [-0.25, -0.2) is 0 Å². The number of rotatable bonds is 3. The zero-order valence-electron chi connectivity index (χ0n) is 8.14. The van der Waals surface area contributed by atoms with Gasteiger partial charge in [0, 0.05) is 0 Å². The predicted octanol–water partition coefficient (Wildman–Crippen LogP) is 0.335. The lowest BCUT2D eigenvalue weighted by Crippen LogP contribution is -2.22. The standard InChI is InChI=1S/C10H7N5O/c11-5-7-1-3-8(4-2-7)14-15-9(6-12)10(13)16/h1-4,14H,(H2,13,16)/b15-9-. The summed E-state index contributed by atoms with van der Waals surface area (Å²) in [5, 5.41) is 20.6. The second kappa shape index (κ2) is 5.13. The van der Waals surface area contributed by atoms with Crippen LogP contribution in [-0.2, 0) is 4.79 Å². The van der Waals surface area contributed by atoms with Crippen LogP contribution >= 0.6 is 0 Å². The molecule has 1 amide bonds. The molecule has 16 heavy (non-hydrogen) atoms. The van der Waals surface area contributed by atoms with E-state index in [9.17, 15) is 4.79 Å². The van der Waals surface area contributed by atoms with E-state index in [4.69, 9.17) is 16.3 Å². The normalized spacial score (nSPS) is 10.0. The lowest BCUT2D eigenvalue weighted by molar-refractivity contribution is -0.111. The number of nitrogens with one attached hydrogen (secondary N) is 1. The average molecular weight is 213 g/mol. The molecule has 1 rings (SSSR count). The van der Waals surface area contributed by atoms with Crippen molar-refractivity contribution < 1.29 is 4.79 Å². The van der Waals surface area contributed by atoms with Crippen LogP contribution in [0.1, 0.15) is 5.56 Å². The van der Waals surface area contributed by atoms with Gasteiger partial charge in [-0.1, -0.05) is 0 Å². The molecule has 0 saturated heterocycles. The number of carbonyl (C=O) groups is 1. The first kappa shape index (κ1) is 11.2. The topological polar surface area (TPSA) is 115 Å². The van der Waals surface area contributed by atoms with Crippen LogP contribution in [0.25, 0.3) is 0 Å². The minimum atomic E-state index is -0.899. The Balaban J connectivity index is 2.79. The summed E-state index contributed by atoms with van der Waals surface area (Å²) in [6, 6.07) is 9.86. The Hall–Kier alpha value is -2.86. The zero-order valence-corrected chi connectivity index (χ0v) is 8.14. The van der Waals surface area contributed by atoms with Crippen molar-refractivity contribution in [3.8, 4) is 12.1 Å². The van der Waals surface area contributed by atoms with Gasteiger partial charge in [0.05, 0.1) is 17.3 Å². The van der Waals surface area contributed by atoms with Gasteiger partial charge < -0.3 is 5.73 Å². The molecule has 1 aromatic rings. The summed E-state index contributed by atoms with van der Waals surface area (Å²) < 4.78 is 0. The fourth-order valence-corrected chi connectivity index (χ4v) is 0.875. The molecule has 0 bridgehead atoms. The molecule has 0 aliphatic heterocycles. The van der Waals surface area contributed by atoms with Crippen molar-refractivity contribution in [3.05, 3.63) is 29.8 Å². The van der Waals surface area contributed by atoms with Crippen LogP contribution < -0.4 is 11.2 Å². The number of benzene rings is 1. The second-order valence-electron chi connectivity index (χ2n) is 2.74. The summed E-state index contributed by atoms with van der Waals surface area (Å²) in [4.78, 5) is 10.6. The van der Waals surface area contributed by atoms with E-state index in [1.807, 2.05) is 6.07 Å². The lowest BCUT2D eigenvalue weighted by Gasteiger charge is -1.99. The van der Waals surface area contributed by atoms with E-state index in [1.165, 1.54) is 0 Å². The highest BCUT2D eigenvalue weighted by Crippen LogP contribution is 2.08. The summed E-state index contributed by atoms with van der Waals surface area (Å²) in [6.07, 6.45) is 0. The number of nitrogens with zero attached hydrogens (tertiary/aromatic N) is 3. The molecule has 6 nitrogen and oxygen atoms in total. The first-order valence-electron chi connectivity index (χ1n) is 4.21. The Morgan fingerprint density at radius 3 is 2.38 bits per heavy atom. The van der Waals surface area contributed by atoms with Crippen molar-refractivity contribution in [2.45, 2.75) is 0 Å². The van der Waals surface area contributed by atoms with Gasteiger partial charge in [0.15, 0.2) is 0 Å². The van der Waals surface area contributed by atoms with Gasteiger partial charge in [-0.2, -0.15) is 15.6 Å². The predicted molar refractivity (Wildman–Crippen MR) is 57.0 cm³/mol. The molecule has 0 fully saturated rings. The summed E-state index contributed by atoms with van der Waals surface area (Å²) in [5.41, 5.74) is 8.01. The number of anilines is 1. The van der Waals surface area contributed by atoms with E-state index >= 15 is 0 Å². The summed E-state index contributed by atoms with van der Waals surface area (Å²) in [5.74, 6) is -0.899. The van der Waals surface area contributed by atoms with Crippen molar-refractivity contribution in [2.24, 2.45) is 10.8 Å². The third-order valence-corrected chi connectivity index (χ3v) is 1.65. The molecule has 0 aliphatic carbocycles. The number of hydrogen-bond acceptors (Lipinski definition) is 5. The lowest BCUT2D eigenvalue weighted by atomic mass is 10.2. The number of primary amides is 1. The smallest absolute Gasteiger partial charge is 0.280 e. The molecule has 78 valence electrons. The van der Waals surface area contributed by atoms with Gasteiger partial charge in [-0.3, -0.25) is 10.2 Å². The van der Waals surface area contributed by atoms with Gasteiger partial charge in [0.1, 0.15) is 6.07 Å². The third kappa shape index (κ3) is 2.82. The van der Waals surface area contributed by atoms with Crippen LogP contribution in [0.5, 0.6) is 0 Å². The fraction of sp³-hybridized carbons (Fsp3) is 0. The summed E-state index contributed by atoms with van der Waals surface area (Å²) in [7, 11) is 0. The molecule has 0 atom stereocenters. The Morgan fingerprint density at radius 2 is 1.94 bits per heavy atom. The first-order valence-corrected chi connectivity index (χ1v) is 4.21. The van der Waals surface area contributed by atoms with E-state index < -0.39 is 11.6 Å². The van der Waals surface area contributed by atoms with Crippen molar-refractivity contribution in [3.63, 3.8) is 0 Å². The van der Waals surface area contributed by atoms with Crippen LogP contribution in [0.4, 0.5) is 5.69 Å². The quantitative estimate of drug-likeness (QED) is 0.556. The van der Waals surface area contributed by atoms with E-state index in [2.05, 4.69) is 10.5 Å². The number of carbonyl (C=O) groups excluding carboxylic acids is 1. The molecule has 0 spiro atoms. The van der Waals surface area contributed by atoms with Crippen LogP contribution in [0.15, 0.2) is 29.4 Å². The largest absolute Gasteiger partial charge is 0.364 e. The van der Waals surface area contributed by atoms with Gasteiger partial charge in [0.2, 0.25) is 5.71 Å². The number of nitrogens with two attached hydrogens (primary N) is 1. The van der Waals surface area contributed by atoms with Gasteiger partial charge in [-0.15, -0.1) is 0 Å². The molecule has 0 radical (unpaired) electrons. The molecule has 0 aliphatic rings. The Kier molecular flexibility index (Phi) is 3.59. The van der Waals surface area contributed by atoms with Crippen LogP contribution in [-0.4, -0.2) is 11.6 Å². The van der Waals surface area contributed by atoms with Crippen LogP contribution in [0.2, 0.25) is 0 Å². The van der Waals surface area contributed by atoms with Crippen LogP contribution in [0, 0.1) is 22.7 Å². The van der Waals surface area contributed by atoms with Gasteiger partial charge in [0.25, 0.3) is 5.91 Å². The molecule has 0 unspecified atom stereocenters. The minimum Gasteiger partial charge on any atom is -0.364 e. The molecule has 6 heteroatoms. The molecular weight excluding hydrogens is 206 g/mol. The minimum absolute atomic E-state index is 0.413. The van der Waals surface area contributed by atoms with E-state index in [1.54, 1.807) is 30.3 Å². The summed E-state index contributed by atoms with van der Waals surface area (Å²) in [6.45, 7) is 0. The van der Waals surface area contributed by atoms with Crippen molar-refractivity contribution >= 4 is 17.3 Å². The van der Waals surface area contributed by atoms with Crippen molar-refractivity contribution in [2.75, 3.05) is 5.43 Å². The fourth-order valence-electron chi connectivity index (χ4n) is 0.875. The molecule has 0 heterocycles. The van der Waals surface area contributed by atoms with E-state index in [-0.39, 0.29) is 0 Å². The number of hydrogen-bond donors (Lipinski definition) is 2. The molecule has 1 aromatic carbocycles. The molecule has 0 saturated carbocycles. The van der Waals surface area contributed by atoms with Crippen molar-refractivity contribution in [1.29, 1.82) is 10.5 Å². The first-order chi connectivity index (χ1) is 7.67. The Morgan fingerprint density at radius 1 is 1.31 bits per heavy atom. The van der Waals surface area contributed by atoms with Gasteiger partial charge >= 0.3 is 0 Å². The Bertz CT molecular complexity index is 503.